The molecule has 0 aromatic heterocycles. The maximum atomic E-state index is 13.4. The van der Waals surface area contributed by atoms with E-state index in [9.17, 15) is 26.0 Å². The van der Waals surface area contributed by atoms with Crippen molar-refractivity contribution < 1.29 is 26.0 Å². The zero-order chi connectivity index (χ0) is 19.0. The van der Waals surface area contributed by atoms with E-state index in [2.05, 4.69) is 0 Å². The third-order valence-electron chi connectivity index (χ3n) is 3.51. The van der Waals surface area contributed by atoms with Gasteiger partial charge in [-0.05, 0) is 41.3 Å². The van der Waals surface area contributed by atoms with Crippen LogP contribution in [0.2, 0.25) is 0 Å². The van der Waals surface area contributed by atoms with E-state index >= 15 is 0 Å². The Labute approximate surface area is 143 Å². The number of halogens is 4. The van der Waals surface area contributed by atoms with Crippen molar-refractivity contribution >= 4 is 15.7 Å². The van der Waals surface area contributed by atoms with Crippen molar-refractivity contribution in [1.82, 2.24) is 0 Å². The van der Waals surface area contributed by atoms with Gasteiger partial charge in [0.2, 0.25) is 0 Å². The smallest absolute Gasteiger partial charge is 0.280 e. The first-order valence-electron chi connectivity index (χ1n) is 7.30. The first-order valence-corrected chi connectivity index (χ1v) is 8.78. The molecular formula is C17H17F4NO2S. The third kappa shape index (κ3) is 4.72. The molecule has 136 valence electrons. The van der Waals surface area contributed by atoms with Crippen molar-refractivity contribution in [3.8, 4) is 0 Å². The van der Waals surface area contributed by atoms with Gasteiger partial charge in [0, 0.05) is 0 Å². The molecule has 0 fully saturated rings. The molecule has 0 unspecified atom stereocenters. The summed E-state index contributed by atoms with van der Waals surface area (Å²) >= 11 is 0. The summed E-state index contributed by atoms with van der Waals surface area (Å²) in [6.45, 7) is 5.88. The second-order valence-corrected chi connectivity index (χ2v) is 8.29. The highest BCUT2D eigenvalue weighted by Crippen LogP contribution is 2.32. The molecule has 0 aliphatic heterocycles. The average molecular weight is 375 g/mol. The fourth-order valence-electron chi connectivity index (χ4n) is 2.16. The van der Waals surface area contributed by atoms with E-state index in [0.717, 1.165) is 5.56 Å². The van der Waals surface area contributed by atoms with Crippen LogP contribution in [0, 0.1) is 5.82 Å². The molecule has 2 aromatic carbocycles. The molecule has 0 heterocycles. The van der Waals surface area contributed by atoms with Crippen LogP contribution >= 0.6 is 0 Å². The topological polar surface area (TPSA) is 46.2 Å². The Bertz CT molecular complexity index is 867. The summed E-state index contributed by atoms with van der Waals surface area (Å²) in [7, 11) is -4.14. The number of benzene rings is 2. The lowest BCUT2D eigenvalue weighted by Crippen LogP contribution is -2.15. The van der Waals surface area contributed by atoms with Crippen LogP contribution in [0.3, 0.4) is 0 Å². The first kappa shape index (κ1) is 19.2. The summed E-state index contributed by atoms with van der Waals surface area (Å²) in [5.74, 6) is -1.18. The van der Waals surface area contributed by atoms with E-state index in [-0.39, 0.29) is 10.3 Å². The van der Waals surface area contributed by atoms with Gasteiger partial charge in [-0.3, -0.25) is 4.72 Å². The Balaban J connectivity index is 2.35. The maximum Gasteiger partial charge on any atom is 0.416 e. The second kappa shape index (κ2) is 6.33. The second-order valence-electron chi connectivity index (χ2n) is 6.61. The molecule has 0 amide bonds. The Hall–Kier alpha value is -2.09. The lowest BCUT2D eigenvalue weighted by atomic mass is 9.87. The van der Waals surface area contributed by atoms with E-state index in [1.54, 1.807) is 12.1 Å². The summed E-state index contributed by atoms with van der Waals surface area (Å²) < 4.78 is 78.2. The van der Waals surface area contributed by atoms with Crippen LogP contribution in [0.15, 0.2) is 47.4 Å². The summed E-state index contributed by atoms with van der Waals surface area (Å²) in [5.41, 5.74) is -1.04. The summed E-state index contributed by atoms with van der Waals surface area (Å²) in [6, 6.07) is 7.50. The summed E-state index contributed by atoms with van der Waals surface area (Å²) in [6.07, 6.45) is -4.78. The van der Waals surface area contributed by atoms with Crippen LogP contribution in [-0.2, 0) is 21.6 Å². The van der Waals surface area contributed by atoms with Crippen molar-refractivity contribution in [2.24, 2.45) is 0 Å². The number of hydrogen-bond acceptors (Lipinski definition) is 2. The zero-order valence-electron chi connectivity index (χ0n) is 13.8. The number of hydrogen-bond donors (Lipinski definition) is 1. The average Bonchev–Trinajstić information content (AvgIpc) is 2.44. The van der Waals surface area contributed by atoms with E-state index in [1.165, 1.54) is 12.1 Å². The zero-order valence-corrected chi connectivity index (χ0v) is 14.6. The molecule has 2 rings (SSSR count). The predicted octanol–water partition coefficient (Wildman–Crippen LogP) is 4.94. The molecule has 0 bridgehead atoms. The van der Waals surface area contributed by atoms with Crippen LogP contribution in [0.4, 0.5) is 23.2 Å². The van der Waals surface area contributed by atoms with E-state index in [1.807, 2.05) is 25.5 Å². The lowest BCUT2D eigenvalue weighted by molar-refractivity contribution is -0.137. The van der Waals surface area contributed by atoms with Crippen LogP contribution in [0.1, 0.15) is 31.9 Å². The summed E-state index contributed by atoms with van der Waals surface area (Å²) in [4.78, 5) is -0.127. The number of rotatable bonds is 3. The SMILES string of the molecule is CC(C)(C)c1ccc(S(=O)(=O)Nc2cc(F)cc(C(F)(F)F)c2)cc1. The van der Waals surface area contributed by atoms with Gasteiger partial charge in [-0.25, -0.2) is 12.8 Å². The summed E-state index contributed by atoms with van der Waals surface area (Å²) in [5, 5.41) is 0. The van der Waals surface area contributed by atoms with Gasteiger partial charge in [-0.2, -0.15) is 13.2 Å². The van der Waals surface area contributed by atoms with Gasteiger partial charge in [0.25, 0.3) is 10.0 Å². The Morgan fingerprint density at radius 2 is 1.44 bits per heavy atom. The minimum absolute atomic E-state index is 0.127. The highest BCUT2D eigenvalue weighted by atomic mass is 32.2. The van der Waals surface area contributed by atoms with Gasteiger partial charge < -0.3 is 0 Å². The van der Waals surface area contributed by atoms with E-state index in [0.29, 0.717) is 18.2 Å². The fraction of sp³-hybridized carbons (Fsp3) is 0.294. The van der Waals surface area contributed by atoms with Gasteiger partial charge in [0.05, 0.1) is 16.1 Å². The largest absolute Gasteiger partial charge is 0.416 e. The quantitative estimate of drug-likeness (QED) is 0.772. The standard InChI is InChI=1S/C17H17F4NO2S/c1-16(2,3)11-4-6-15(7-5-11)25(23,24)22-14-9-12(17(19,20)21)8-13(18)10-14/h4-10,22H,1-3H3. The van der Waals surface area contributed by atoms with E-state index in [4.69, 9.17) is 0 Å². The molecule has 8 heteroatoms. The van der Waals surface area contributed by atoms with Crippen molar-refractivity contribution in [3.63, 3.8) is 0 Å². The van der Waals surface area contributed by atoms with Crippen LogP contribution in [0.25, 0.3) is 0 Å². The molecule has 0 saturated heterocycles. The molecule has 0 spiro atoms. The molecule has 25 heavy (non-hydrogen) atoms. The highest BCUT2D eigenvalue weighted by Gasteiger charge is 2.31. The van der Waals surface area contributed by atoms with Crippen molar-refractivity contribution in [2.75, 3.05) is 4.72 Å². The number of anilines is 1. The molecule has 2 aromatic rings. The Morgan fingerprint density at radius 3 is 1.92 bits per heavy atom. The van der Waals surface area contributed by atoms with Gasteiger partial charge >= 0.3 is 6.18 Å². The third-order valence-corrected chi connectivity index (χ3v) is 4.91. The lowest BCUT2D eigenvalue weighted by Gasteiger charge is -2.19. The predicted molar refractivity (Wildman–Crippen MR) is 87.4 cm³/mol. The molecule has 0 aliphatic carbocycles. The van der Waals surface area contributed by atoms with Gasteiger partial charge in [-0.1, -0.05) is 32.9 Å². The molecule has 3 nitrogen and oxygen atoms in total. The normalized spacial score (nSPS) is 12.9. The number of alkyl halides is 3. The van der Waals surface area contributed by atoms with Crippen LogP contribution < -0.4 is 4.72 Å². The Morgan fingerprint density at radius 1 is 0.880 bits per heavy atom. The molecular weight excluding hydrogens is 358 g/mol. The molecule has 1 N–H and O–H groups in total. The monoisotopic (exact) mass is 375 g/mol. The van der Waals surface area contributed by atoms with Crippen molar-refractivity contribution in [2.45, 2.75) is 37.3 Å². The first-order chi connectivity index (χ1) is 11.3. The maximum absolute atomic E-state index is 13.4. The van der Waals surface area contributed by atoms with Gasteiger partial charge in [0.1, 0.15) is 5.82 Å². The minimum Gasteiger partial charge on any atom is -0.280 e. The fourth-order valence-corrected chi connectivity index (χ4v) is 3.20. The molecule has 0 atom stereocenters. The molecule has 0 aliphatic rings. The van der Waals surface area contributed by atoms with Crippen LogP contribution in [-0.4, -0.2) is 8.42 Å². The van der Waals surface area contributed by atoms with Crippen LogP contribution in [0.5, 0.6) is 0 Å². The van der Waals surface area contributed by atoms with E-state index < -0.39 is 33.3 Å². The number of sulfonamides is 1. The number of nitrogens with one attached hydrogen (secondary N) is 1. The highest BCUT2D eigenvalue weighted by molar-refractivity contribution is 7.92. The minimum atomic E-state index is -4.78. The van der Waals surface area contributed by atoms with Gasteiger partial charge in [0.15, 0.2) is 0 Å². The van der Waals surface area contributed by atoms with Crippen molar-refractivity contribution in [1.29, 1.82) is 0 Å². The Kier molecular flexibility index (Phi) is 4.87. The van der Waals surface area contributed by atoms with Crippen molar-refractivity contribution in [3.05, 3.63) is 59.4 Å². The van der Waals surface area contributed by atoms with Gasteiger partial charge in [-0.15, -0.1) is 0 Å². The molecule has 0 saturated carbocycles. The molecule has 0 radical (unpaired) electrons.